The average Bonchev–Trinajstić information content (AvgIpc) is 2.91. The molecule has 1 fully saturated rings. The summed E-state index contributed by atoms with van der Waals surface area (Å²) in [6, 6.07) is 8.05. The lowest BCUT2D eigenvalue weighted by Crippen LogP contribution is -2.47. The summed E-state index contributed by atoms with van der Waals surface area (Å²) < 4.78 is 32.9. The zero-order valence-corrected chi connectivity index (χ0v) is 13.2. The minimum absolute atomic E-state index is 0.104. The molecular weight excluding hydrogens is 332 g/mol. The number of morpholine rings is 1. The highest BCUT2D eigenvalue weighted by Crippen LogP contribution is 2.33. The van der Waals surface area contributed by atoms with Gasteiger partial charge >= 0.3 is 0 Å². The van der Waals surface area contributed by atoms with Gasteiger partial charge in [-0.15, -0.1) is 11.3 Å². The first-order chi connectivity index (χ1) is 10.0. The van der Waals surface area contributed by atoms with E-state index in [0.29, 0.717) is 11.6 Å². The molecule has 0 spiro atoms. The van der Waals surface area contributed by atoms with Gasteiger partial charge in [-0.3, -0.25) is 0 Å². The van der Waals surface area contributed by atoms with E-state index in [-0.39, 0.29) is 17.4 Å². The van der Waals surface area contributed by atoms with Gasteiger partial charge in [-0.05, 0) is 29.7 Å². The third kappa shape index (κ3) is 2.65. The first kappa shape index (κ1) is 14.8. The van der Waals surface area contributed by atoms with Crippen molar-refractivity contribution in [1.29, 1.82) is 5.26 Å². The zero-order chi connectivity index (χ0) is 15.0. The van der Waals surface area contributed by atoms with Crippen molar-refractivity contribution < 1.29 is 13.2 Å². The van der Waals surface area contributed by atoms with Crippen LogP contribution in [0.15, 0.2) is 28.5 Å². The predicted octanol–water partition coefficient (Wildman–Crippen LogP) is 2.47. The molecule has 110 valence electrons. The van der Waals surface area contributed by atoms with Crippen molar-refractivity contribution in [1.82, 2.24) is 4.31 Å². The third-order valence-corrected chi connectivity index (χ3v) is 6.96. The molecule has 2 heterocycles. The largest absolute Gasteiger partial charge is 0.377 e. The van der Waals surface area contributed by atoms with Crippen LogP contribution in [0.4, 0.5) is 0 Å². The highest BCUT2D eigenvalue weighted by atomic mass is 35.5. The van der Waals surface area contributed by atoms with Crippen LogP contribution in [0.1, 0.15) is 0 Å². The Morgan fingerprint density at radius 3 is 3.00 bits per heavy atom. The minimum Gasteiger partial charge on any atom is -0.377 e. The van der Waals surface area contributed by atoms with Gasteiger partial charge in [-0.25, -0.2) is 8.42 Å². The topological polar surface area (TPSA) is 70.4 Å². The molecular formula is C13H11ClN2O3S2. The molecule has 8 heteroatoms. The van der Waals surface area contributed by atoms with E-state index in [1.807, 2.05) is 6.07 Å². The number of benzene rings is 1. The fourth-order valence-corrected chi connectivity index (χ4v) is 5.41. The van der Waals surface area contributed by atoms with E-state index in [9.17, 15) is 8.42 Å². The Morgan fingerprint density at radius 1 is 1.43 bits per heavy atom. The summed E-state index contributed by atoms with van der Waals surface area (Å²) in [5.41, 5.74) is 0. The standard InChI is InChI=1S/C13H11ClN2O3S2/c14-10-1-2-12-9(5-10)6-13(20-12)21(17,18)16-3-4-19-8-11(16)7-15/h1-2,5-6,11H,3-4,8H2. The number of rotatable bonds is 2. The Kier molecular flexibility index (Phi) is 3.90. The van der Waals surface area contributed by atoms with Crippen LogP contribution in [0.25, 0.3) is 10.1 Å². The second kappa shape index (κ2) is 5.55. The van der Waals surface area contributed by atoms with Gasteiger partial charge in [0, 0.05) is 16.3 Å². The molecule has 2 aromatic rings. The SMILES string of the molecule is N#CC1COCCN1S(=O)(=O)c1cc2cc(Cl)ccc2s1. The van der Waals surface area contributed by atoms with Crippen LogP contribution in [0.5, 0.6) is 0 Å². The van der Waals surface area contributed by atoms with Crippen LogP contribution in [0, 0.1) is 11.3 Å². The molecule has 1 saturated heterocycles. The lowest BCUT2D eigenvalue weighted by molar-refractivity contribution is 0.0512. The maximum Gasteiger partial charge on any atom is 0.253 e. The van der Waals surface area contributed by atoms with E-state index in [2.05, 4.69) is 0 Å². The molecule has 0 N–H and O–H groups in total. The molecule has 1 aliphatic heterocycles. The maximum absolute atomic E-state index is 12.7. The Balaban J connectivity index is 2.05. The number of sulfonamides is 1. The average molecular weight is 343 g/mol. The molecule has 1 atom stereocenters. The quantitative estimate of drug-likeness (QED) is 0.840. The van der Waals surface area contributed by atoms with Gasteiger partial charge in [0.15, 0.2) is 0 Å². The van der Waals surface area contributed by atoms with E-state index in [0.717, 1.165) is 10.1 Å². The van der Waals surface area contributed by atoms with Gasteiger partial charge in [0.1, 0.15) is 10.3 Å². The summed E-state index contributed by atoms with van der Waals surface area (Å²) in [4.78, 5) is 0. The molecule has 0 amide bonds. The molecule has 1 unspecified atom stereocenters. The van der Waals surface area contributed by atoms with Crippen LogP contribution in [0.2, 0.25) is 5.02 Å². The molecule has 0 saturated carbocycles. The maximum atomic E-state index is 12.7. The Hall–Kier alpha value is -1.17. The number of nitriles is 1. The summed E-state index contributed by atoms with van der Waals surface area (Å²) in [7, 11) is -3.69. The van der Waals surface area contributed by atoms with E-state index >= 15 is 0 Å². The summed E-state index contributed by atoms with van der Waals surface area (Å²) >= 11 is 7.10. The lowest BCUT2D eigenvalue weighted by atomic mass is 10.3. The van der Waals surface area contributed by atoms with E-state index in [1.165, 1.54) is 15.6 Å². The normalized spacial score (nSPS) is 20.5. The van der Waals surface area contributed by atoms with Crippen LogP contribution >= 0.6 is 22.9 Å². The van der Waals surface area contributed by atoms with Crippen molar-refractivity contribution >= 4 is 43.0 Å². The molecule has 0 bridgehead atoms. The number of fused-ring (bicyclic) bond motifs is 1. The summed E-state index contributed by atoms with van der Waals surface area (Å²) in [5.74, 6) is 0. The first-order valence-electron chi connectivity index (χ1n) is 6.20. The van der Waals surface area contributed by atoms with Gasteiger partial charge in [0.25, 0.3) is 10.0 Å². The summed E-state index contributed by atoms with van der Waals surface area (Å²) in [6.07, 6.45) is 0. The van der Waals surface area contributed by atoms with Gasteiger partial charge in [0.05, 0.1) is 19.3 Å². The van der Waals surface area contributed by atoms with Gasteiger partial charge in [-0.1, -0.05) is 11.6 Å². The highest BCUT2D eigenvalue weighted by molar-refractivity contribution is 7.91. The van der Waals surface area contributed by atoms with Crippen LogP contribution in [-0.2, 0) is 14.8 Å². The fourth-order valence-electron chi connectivity index (χ4n) is 2.21. The first-order valence-corrected chi connectivity index (χ1v) is 8.84. The second-order valence-electron chi connectivity index (χ2n) is 4.58. The Labute approximate surface area is 131 Å². The number of nitrogens with zero attached hydrogens (tertiary/aromatic N) is 2. The van der Waals surface area contributed by atoms with Crippen molar-refractivity contribution in [3.8, 4) is 6.07 Å². The van der Waals surface area contributed by atoms with Crippen LogP contribution in [0.3, 0.4) is 0 Å². The second-order valence-corrected chi connectivity index (χ2v) is 8.22. The predicted molar refractivity (Wildman–Crippen MR) is 80.9 cm³/mol. The van der Waals surface area contributed by atoms with Crippen LogP contribution in [-0.4, -0.2) is 38.5 Å². The van der Waals surface area contributed by atoms with E-state index < -0.39 is 16.1 Å². The van der Waals surface area contributed by atoms with E-state index in [1.54, 1.807) is 24.3 Å². The molecule has 1 aromatic heterocycles. The number of hydrogen-bond acceptors (Lipinski definition) is 5. The molecule has 3 rings (SSSR count). The molecule has 0 aliphatic carbocycles. The molecule has 1 aromatic carbocycles. The van der Waals surface area contributed by atoms with Gasteiger partial charge in [-0.2, -0.15) is 9.57 Å². The van der Waals surface area contributed by atoms with Crippen molar-refractivity contribution in [3.05, 3.63) is 29.3 Å². The summed E-state index contributed by atoms with van der Waals surface area (Å²) in [6.45, 7) is 0.593. The molecule has 1 aliphatic rings. The minimum atomic E-state index is -3.69. The smallest absolute Gasteiger partial charge is 0.253 e. The number of ether oxygens (including phenoxy) is 1. The fraction of sp³-hybridized carbons (Fsp3) is 0.308. The Bertz CT molecular complexity index is 826. The Morgan fingerprint density at radius 2 is 2.24 bits per heavy atom. The molecule has 0 radical (unpaired) electrons. The number of hydrogen-bond donors (Lipinski definition) is 0. The molecule has 5 nitrogen and oxygen atoms in total. The third-order valence-electron chi connectivity index (χ3n) is 3.25. The number of halogens is 1. The highest BCUT2D eigenvalue weighted by Gasteiger charge is 2.35. The van der Waals surface area contributed by atoms with Crippen molar-refractivity contribution in [2.24, 2.45) is 0 Å². The van der Waals surface area contributed by atoms with Crippen molar-refractivity contribution in [2.45, 2.75) is 10.3 Å². The van der Waals surface area contributed by atoms with Crippen molar-refractivity contribution in [2.75, 3.05) is 19.8 Å². The monoisotopic (exact) mass is 342 g/mol. The van der Waals surface area contributed by atoms with Gasteiger partial charge in [0.2, 0.25) is 0 Å². The molecule has 21 heavy (non-hydrogen) atoms. The van der Waals surface area contributed by atoms with Gasteiger partial charge < -0.3 is 4.74 Å². The zero-order valence-electron chi connectivity index (χ0n) is 10.8. The van der Waals surface area contributed by atoms with E-state index in [4.69, 9.17) is 21.6 Å². The lowest BCUT2D eigenvalue weighted by Gasteiger charge is -2.29. The summed E-state index contributed by atoms with van der Waals surface area (Å²) in [5, 5.41) is 10.4. The number of thiophene rings is 1. The van der Waals surface area contributed by atoms with Crippen molar-refractivity contribution in [3.63, 3.8) is 0 Å². The van der Waals surface area contributed by atoms with Crippen LogP contribution < -0.4 is 0 Å².